The van der Waals surface area contributed by atoms with E-state index in [9.17, 15) is 19.2 Å². The average Bonchev–Trinajstić information content (AvgIpc) is 3.83. The summed E-state index contributed by atoms with van der Waals surface area (Å²) in [5.74, 6) is -4.48. The molecule has 4 heterocycles. The summed E-state index contributed by atoms with van der Waals surface area (Å²) in [6.07, 6.45) is 3.04. The van der Waals surface area contributed by atoms with Crippen molar-refractivity contribution >= 4 is 34.8 Å². The number of hydrogen-bond donors (Lipinski definition) is 0. The topological polar surface area (TPSA) is 93.2 Å². The van der Waals surface area contributed by atoms with Crippen molar-refractivity contribution < 1.29 is 28.7 Å². The Bertz CT molecular complexity index is 1460. The van der Waals surface area contributed by atoms with Crippen molar-refractivity contribution in [3.63, 3.8) is 0 Å². The van der Waals surface area contributed by atoms with Gasteiger partial charge in [0.1, 0.15) is 0 Å². The second-order valence-electron chi connectivity index (χ2n) is 13.2. The van der Waals surface area contributed by atoms with Crippen LogP contribution in [0.15, 0.2) is 60.7 Å². The summed E-state index contributed by atoms with van der Waals surface area (Å²) < 4.78 is 11.7. The molecule has 4 amide bonds. The standard InChI is InChI=1S/C35H36N2O6/c1-35-28(21-12-6-3-7-13-21)24(20-10-4-2-5-11-20)25(26-29(35)33(40)36(31(26)38)18-22-14-8-16-42-22)27-30(35)34(41)37(32(27)39)19-23-15-9-17-43-23/h2-7,10-13,22-23,25-27,29-30H,8-9,14-19H2,1H3/t22-,23-,25?,26-,27+,29-,30+,35?/m0/s1. The molecule has 2 unspecified atom stereocenters. The highest BCUT2D eigenvalue weighted by molar-refractivity contribution is 6.17. The van der Waals surface area contributed by atoms with E-state index in [0.29, 0.717) is 13.2 Å². The zero-order valence-corrected chi connectivity index (χ0v) is 24.3. The van der Waals surface area contributed by atoms with Gasteiger partial charge in [-0.3, -0.25) is 29.0 Å². The third-order valence-electron chi connectivity index (χ3n) is 11.1. The van der Waals surface area contributed by atoms with Gasteiger partial charge in [-0.2, -0.15) is 0 Å². The third kappa shape index (κ3) is 3.75. The predicted octanol–water partition coefficient (Wildman–Crippen LogP) is 3.81. The monoisotopic (exact) mass is 580 g/mol. The van der Waals surface area contributed by atoms with E-state index < -0.39 is 35.0 Å². The van der Waals surface area contributed by atoms with E-state index in [1.165, 1.54) is 9.80 Å². The highest BCUT2D eigenvalue weighted by Crippen LogP contribution is 2.72. The summed E-state index contributed by atoms with van der Waals surface area (Å²) in [6, 6.07) is 19.8. The van der Waals surface area contributed by atoms with Gasteiger partial charge in [0.2, 0.25) is 23.6 Å². The van der Waals surface area contributed by atoms with E-state index in [-0.39, 0.29) is 48.9 Å². The van der Waals surface area contributed by atoms with E-state index in [4.69, 9.17) is 9.47 Å². The first kappa shape index (κ1) is 27.0. The van der Waals surface area contributed by atoms with Crippen molar-refractivity contribution in [2.45, 2.75) is 44.8 Å². The molecule has 7 aliphatic rings. The molecule has 9 rings (SSSR count). The Balaban J connectivity index is 1.33. The van der Waals surface area contributed by atoms with Crippen LogP contribution in [-0.2, 0) is 28.7 Å². The molecule has 0 radical (unpaired) electrons. The van der Waals surface area contributed by atoms with Crippen LogP contribution in [0.25, 0.3) is 11.1 Å². The normalized spacial score (nSPS) is 36.7. The molecule has 5 fully saturated rings. The Labute approximate surface area is 251 Å². The first-order valence-electron chi connectivity index (χ1n) is 15.7. The van der Waals surface area contributed by atoms with E-state index in [2.05, 4.69) is 0 Å². The fraction of sp³-hybridized carbons (Fsp3) is 0.486. The lowest BCUT2D eigenvalue weighted by Gasteiger charge is -2.57. The largest absolute Gasteiger partial charge is 0.376 e. The van der Waals surface area contributed by atoms with Crippen LogP contribution < -0.4 is 0 Å². The molecule has 0 N–H and O–H groups in total. The lowest BCUT2D eigenvalue weighted by atomic mass is 9.41. The molecule has 4 saturated heterocycles. The van der Waals surface area contributed by atoms with Gasteiger partial charge in [-0.05, 0) is 48.0 Å². The molecule has 8 heteroatoms. The molecule has 43 heavy (non-hydrogen) atoms. The van der Waals surface area contributed by atoms with Gasteiger partial charge in [-0.25, -0.2) is 0 Å². The number of likely N-dealkylation sites (tertiary alicyclic amines) is 2. The summed E-state index contributed by atoms with van der Waals surface area (Å²) in [6.45, 7) is 3.66. The first-order valence-corrected chi connectivity index (χ1v) is 15.7. The van der Waals surface area contributed by atoms with Crippen molar-refractivity contribution in [2.75, 3.05) is 26.3 Å². The van der Waals surface area contributed by atoms with Crippen LogP contribution in [-0.4, -0.2) is 71.9 Å². The third-order valence-corrected chi connectivity index (χ3v) is 11.1. The molecular formula is C35H36N2O6. The zero-order valence-electron chi connectivity index (χ0n) is 24.3. The number of allylic oxidation sites excluding steroid dienone is 2. The molecule has 222 valence electrons. The minimum Gasteiger partial charge on any atom is -0.376 e. The molecule has 8 atom stereocenters. The first-order chi connectivity index (χ1) is 20.9. The maximum absolute atomic E-state index is 14.5. The lowest BCUT2D eigenvalue weighted by molar-refractivity contribution is -0.144. The second-order valence-corrected chi connectivity index (χ2v) is 13.2. The Morgan fingerprint density at radius 2 is 1.12 bits per heavy atom. The smallest absolute Gasteiger partial charge is 0.234 e. The zero-order chi connectivity index (χ0) is 29.5. The van der Waals surface area contributed by atoms with E-state index >= 15 is 0 Å². The van der Waals surface area contributed by atoms with Crippen LogP contribution in [0, 0.1) is 35.0 Å². The quantitative estimate of drug-likeness (QED) is 0.483. The van der Waals surface area contributed by atoms with Gasteiger partial charge in [-0.15, -0.1) is 0 Å². The highest BCUT2D eigenvalue weighted by atomic mass is 16.5. The number of rotatable bonds is 6. The molecule has 0 spiro atoms. The molecule has 2 aromatic rings. The van der Waals surface area contributed by atoms with Gasteiger partial charge in [0.05, 0.1) is 49.0 Å². The maximum atomic E-state index is 14.5. The van der Waals surface area contributed by atoms with E-state index in [0.717, 1.165) is 48.0 Å². The van der Waals surface area contributed by atoms with Crippen LogP contribution in [0.5, 0.6) is 0 Å². The summed E-state index contributed by atoms with van der Waals surface area (Å²) in [4.78, 5) is 60.6. The van der Waals surface area contributed by atoms with Gasteiger partial charge in [-0.1, -0.05) is 67.6 Å². The summed E-state index contributed by atoms with van der Waals surface area (Å²) >= 11 is 0. The predicted molar refractivity (Wildman–Crippen MR) is 157 cm³/mol. The summed E-state index contributed by atoms with van der Waals surface area (Å²) in [5.41, 5.74) is 2.59. The number of carbonyl (C=O) groups excluding carboxylic acids is 4. The number of benzene rings is 2. The average molecular weight is 581 g/mol. The molecule has 1 saturated carbocycles. The van der Waals surface area contributed by atoms with Crippen LogP contribution in [0.1, 0.15) is 43.7 Å². The molecule has 0 aromatic heterocycles. The SMILES string of the molecule is CC12C(c3ccccc3)=C(c3ccccc3)C([C@H]3C(=O)N(C[C@@H]4CCCO4)C(=O)[C@@H]31)[C@@H]1C(=O)N(C[C@@H]3CCCO3)C(=O)[C@H]12. The number of nitrogens with zero attached hydrogens (tertiary/aromatic N) is 2. The number of hydrogen-bond acceptors (Lipinski definition) is 6. The molecule has 4 aliphatic heterocycles. The lowest BCUT2D eigenvalue weighted by Crippen LogP contribution is -2.59. The van der Waals surface area contributed by atoms with Crippen molar-refractivity contribution in [3.05, 3.63) is 71.8 Å². The van der Waals surface area contributed by atoms with Crippen LogP contribution in [0.4, 0.5) is 0 Å². The van der Waals surface area contributed by atoms with Gasteiger partial charge >= 0.3 is 0 Å². The molecule has 2 aromatic carbocycles. The number of carbonyl (C=O) groups is 4. The molecule has 8 nitrogen and oxygen atoms in total. The Kier molecular flexibility index (Phi) is 6.25. The van der Waals surface area contributed by atoms with E-state index in [1.807, 2.05) is 67.6 Å². The minimum atomic E-state index is -1.08. The highest BCUT2D eigenvalue weighted by Gasteiger charge is 2.76. The number of amides is 4. The van der Waals surface area contributed by atoms with Gasteiger partial charge in [0, 0.05) is 24.5 Å². The van der Waals surface area contributed by atoms with Crippen molar-refractivity contribution in [1.29, 1.82) is 0 Å². The van der Waals surface area contributed by atoms with Gasteiger partial charge < -0.3 is 9.47 Å². The Morgan fingerprint density at radius 1 is 0.651 bits per heavy atom. The van der Waals surface area contributed by atoms with Crippen molar-refractivity contribution in [2.24, 2.45) is 35.0 Å². The summed E-state index contributed by atoms with van der Waals surface area (Å²) in [5, 5.41) is 0. The van der Waals surface area contributed by atoms with Crippen LogP contribution >= 0.6 is 0 Å². The maximum Gasteiger partial charge on any atom is 0.234 e. The summed E-state index contributed by atoms with van der Waals surface area (Å²) in [7, 11) is 0. The van der Waals surface area contributed by atoms with E-state index in [1.54, 1.807) is 0 Å². The number of ether oxygens (including phenoxy) is 2. The fourth-order valence-corrected chi connectivity index (χ4v) is 9.40. The molecule has 2 bridgehead atoms. The number of imide groups is 2. The second kappa shape index (κ2) is 9.96. The van der Waals surface area contributed by atoms with Crippen LogP contribution in [0.3, 0.4) is 0 Å². The minimum absolute atomic E-state index is 0.182. The Hall–Kier alpha value is -3.62. The van der Waals surface area contributed by atoms with Gasteiger partial charge in [0.25, 0.3) is 0 Å². The van der Waals surface area contributed by atoms with Crippen LogP contribution in [0.2, 0.25) is 0 Å². The van der Waals surface area contributed by atoms with Crippen molar-refractivity contribution in [1.82, 2.24) is 9.80 Å². The fourth-order valence-electron chi connectivity index (χ4n) is 9.40. The van der Waals surface area contributed by atoms with Gasteiger partial charge in [0.15, 0.2) is 0 Å². The molecular weight excluding hydrogens is 544 g/mol. The van der Waals surface area contributed by atoms with Crippen molar-refractivity contribution in [3.8, 4) is 0 Å². The Morgan fingerprint density at radius 3 is 1.56 bits per heavy atom. The molecule has 3 aliphatic carbocycles.